The van der Waals surface area contributed by atoms with Gasteiger partial charge in [0.25, 0.3) is 10.0 Å². The highest BCUT2D eigenvalue weighted by atomic mass is 32.2. The molecule has 1 N–H and O–H groups in total. The minimum Gasteiger partial charge on any atom is -0.354 e. The van der Waals surface area contributed by atoms with Crippen LogP contribution in [0.15, 0.2) is 83.8 Å². The Hall–Kier alpha value is -3.93. The van der Waals surface area contributed by atoms with E-state index in [4.69, 9.17) is 0 Å². The Balaban J connectivity index is 2.08. The van der Waals surface area contributed by atoms with E-state index >= 15 is 0 Å². The molecule has 1 atom stereocenters. The smallest absolute Gasteiger partial charge is 0.354 e. The first-order valence-electron chi connectivity index (χ1n) is 13.4. The maximum Gasteiger partial charge on any atom is 0.416 e. The Morgan fingerprint density at radius 1 is 0.929 bits per heavy atom. The molecule has 0 fully saturated rings. The minimum absolute atomic E-state index is 0.166. The van der Waals surface area contributed by atoms with Crippen LogP contribution in [0.4, 0.5) is 23.2 Å². The van der Waals surface area contributed by atoms with E-state index in [1.807, 2.05) is 6.92 Å². The zero-order valence-electron chi connectivity index (χ0n) is 23.3. The van der Waals surface area contributed by atoms with Gasteiger partial charge in [0.1, 0.15) is 18.4 Å². The van der Waals surface area contributed by atoms with Crippen LogP contribution in [-0.4, -0.2) is 44.3 Å². The van der Waals surface area contributed by atoms with Crippen molar-refractivity contribution >= 4 is 27.5 Å². The van der Waals surface area contributed by atoms with Crippen LogP contribution in [0, 0.1) is 5.82 Å². The summed E-state index contributed by atoms with van der Waals surface area (Å²) < 4.78 is 82.4. The lowest BCUT2D eigenvalue weighted by Gasteiger charge is -2.33. The van der Waals surface area contributed by atoms with E-state index in [1.54, 1.807) is 13.0 Å². The number of carbonyl (C=O) groups is 2. The maximum atomic E-state index is 13.9. The highest BCUT2D eigenvalue weighted by Gasteiger charge is 2.35. The number of halogens is 4. The lowest BCUT2D eigenvalue weighted by atomic mass is 10.1. The van der Waals surface area contributed by atoms with Crippen molar-refractivity contribution in [3.05, 3.63) is 95.8 Å². The minimum atomic E-state index is -4.76. The van der Waals surface area contributed by atoms with E-state index in [1.165, 1.54) is 59.5 Å². The highest BCUT2D eigenvalue weighted by Crippen LogP contribution is 2.33. The van der Waals surface area contributed by atoms with E-state index in [2.05, 4.69) is 5.32 Å². The first-order valence-corrected chi connectivity index (χ1v) is 14.9. The standard InChI is InChI=1S/C30H33F4N3O4S/c1-3-5-18-35-29(39)27(4-2)36(20-22-14-16-24(31)17-15-22)28(38)21-37(42(40,41)26-12-7-6-8-13-26)25-11-9-10-23(19-25)30(32,33)34/h6-17,19,27H,3-5,18,20-21H2,1-2H3,(H,35,39). The Bertz CT molecular complexity index is 1450. The van der Waals surface area contributed by atoms with Crippen LogP contribution in [0.1, 0.15) is 44.2 Å². The van der Waals surface area contributed by atoms with Gasteiger partial charge in [-0.25, -0.2) is 12.8 Å². The summed E-state index contributed by atoms with van der Waals surface area (Å²) in [5, 5.41) is 2.78. The molecule has 3 aromatic carbocycles. The molecule has 0 saturated heterocycles. The number of carbonyl (C=O) groups excluding carboxylic acids is 2. The molecule has 0 aliphatic carbocycles. The zero-order valence-corrected chi connectivity index (χ0v) is 24.1. The van der Waals surface area contributed by atoms with Gasteiger partial charge in [-0.15, -0.1) is 0 Å². The van der Waals surface area contributed by atoms with Crippen molar-refractivity contribution in [1.29, 1.82) is 0 Å². The normalized spacial score (nSPS) is 12.4. The van der Waals surface area contributed by atoms with Crippen molar-refractivity contribution in [1.82, 2.24) is 10.2 Å². The number of unbranched alkanes of at least 4 members (excludes halogenated alkanes) is 1. The second-order valence-electron chi connectivity index (χ2n) is 9.59. The van der Waals surface area contributed by atoms with Crippen LogP contribution < -0.4 is 9.62 Å². The number of hydrogen-bond donors (Lipinski definition) is 1. The quantitative estimate of drug-likeness (QED) is 0.198. The third-order valence-electron chi connectivity index (χ3n) is 6.55. The largest absolute Gasteiger partial charge is 0.416 e. The summed E-state index contributed by atoms with van der Waals surface area (Å²) in [6.45, 7) is 2.94. The van der Waals surface area contributed by atoms with Crippen molar-refractivity contribution < 1.29 is 35.6 Å². The van der Waals surface area contributed by atoms with Gasteiger partial charge >= 0.3 is 6.18 Å². The Labute approximate surface area is 243 Å². The summed E-state index contributed by atoms with van der Waals surface area (Å²) >= 11 is 0. The molecular weight excluding hydrogens is 574 g/mol. The summed E-state index contributed by atoms with van der Waals surface area (Å²) in [6.07, 6.45) is -3.08. The molecule has 0 aliphatic rings. The first-order chi connectivity index (χ1) is 19.9. The fraction of sp³-hybridized carbons (Fsp3) is 0.333. The fourth-order valence-electron chi connectivity index (χ4n) is 4.30. The van der Waals surface area contributed by atoms with E-state index in [0.717, 1.165) is 18.6 Å². The first kappa shape index (κ1) is 32.6. The second-order valence-corrected chi connectivity index (χ2v) is 11.5. The van der Waals surface area contributed by atoms with Crippen LogP contribution >= 0.6 is 0 Å². The predicted molar refractivity (Wildman–Crippen MR) is 151 cm³/mol. The number of sulfonamides is 1. The third kappa shape index (κ3) is 8.31. The number of nitrogens with zero attached hydrogens (tertiary/aromatic N) is 2. The molecule has 0 saturated carbocycles. The van der Waals surface area contributed by atoms with E-state index < -0.39 is 52.0 Å². The maximum absolute atomic E-state index is 13.9. The van der Waals surface area contributed by atoms with Gasteiger partial charge in [0.05, 0.1) is 16.1 Å². The van der Waals surface area contributed by atoms with Crippen molar-refractivity contribution in [3.63, 3.8) is 0 Å². The summed E-state index contributed by atoms with van der Waals surface area (Å²) in [5.74, 6) is -1.79. The molecule has 0 heterocycles. The molecule has 1 unspecified atom stereocenters. The number of amides is 2. The van der Waals surface area contributed by atoms with Gasteiger partial charge in [0.2, 0.25) is 11.8 Å². The van der Waals surface area contributed by atoms with Crippen LogP contribution in [0.5, 0.6) is 0 Å². The predicted octanol–water partition coefficient (Wildman–Crippen LogP) is 5.76. The summed E-state index contributed by atoms with van der Waals surface area (Å²) in [4.78, 5) is 28.0. The van der Waals surface area contributed by atoms with Gasteiger partial charge in [0.15, 0.2) is 0 Å². The number of alkyl halides is 3. The summed E-state index contributed by atoms with van der Waals surface area (Å²) in [5.41, 5.74) is -0.990. The number of benzene rings is 3. The lowest BCUT2D eigenvalue weighted by molar-refractivity contribution is -0.140. The van der Waals surface area contributed by atoms with E-state index in [0.29, 0.717) is 28.9 Å². The van der Waals surface area contributed by atoms with Crippen molar-refractivity contribution in [3.8, 4) is 0 Å². The number of nitrogens with one attached hydrogen (secondary N) is 1. The molecule has 0 aromatic heterocycles. The Morgan fingerprint density at radius 3 is 2.19 bits per heavy atom. The molecule has 12 heteroatoms. The number of hydrogen-bond acceptors (Lipinski definition) is 4. The van der Waals surface area contributed by atoms with E-state index in [-0.39, 0.29) is 23.5 Å². The molecule has 2 amide bonds. The summed E-state index contributed by atoms with van der Waals surface area (Å²) in [6, 6.07) is 14.9. The number of rotatable bonds is 13. The monoisotopic (exact) mass is 607 g/mol. The Morgan fingerprint density at radius 2 is 1.60 bits per heavy atom. The van der Waals surface area contributed by atoms with Gasteiger partial charge in [-0.1, -0.05) is 56.7 Å². The third-order valence-corrected chi connectivity index (χ3v) is 8.34. The fourth-order valence-corrected chi connectivity index (χ4v) is 5.73. The Kier molecular flexibility index (Phi) is 11.1. The molecule has 0 spiro atoms. The topological polar surface area (TPSA) is 86.8 Å². The highest BCUT2D eigenvalue weighted by molar-refractivity contribution is 7.92. The molecule has 3 rings (SSSR count). The molecule has 7 nitrogen and oxygen atoms in total. The molecule has 3 aromatic rings. The van der Waals surface area contributed by atoms with Gasteiger partial charge in [-0.2, -0.15) is 13.2 Å². The molecule has 226 valence electrons. The van der Waals surface area contributed by atoms with Gasteiger partial charge in [0, 0.05) is 13.1 Å². The zero-order chi connectivity index (χ0) is 30.9. The summed E-state index contributed by atoms with van der Waals surface area (Å²) in [7, 11) is -4.53. The molecule has 0 bridgehead atoms. The van der Waals surface area contributed by atoms with Crippen molar-refractivity contribution in [2.24, 2.45) is 0 Å². The second kappa shape index (κ2) is 14.3. The van der Waals surface area contributed by atoms with Gasteiger partial charge in [-0.05, 0) is 60.9 Å². The van der Waals surface area contributed by atoms with Crippen molar-refractivity contribution in [2.75, 3.05) is 17.4 Å². The van der Waals surface area contributed by atoms with Gasteiger partial charge in [-0.3, -0.25) is 13.9 Å². The molecular formula is C30H33F4N3O4S. The molecule has 42 heavy (non-hydrogen) atoms. The average Bonchev–Trinajstić information content (AvgIpc) is 2.96. The lowest BCUT2D eigenvalue weighted by Crippen LogP contribution is -2.52. The van der Waals surface area contributed by atoms with Crippen molar-refractivity contribution in [2.45, 2.75) is 56.8 Å². The number of anilines is 1. The average molecular weight is 608 g/mol. The van der Waals surface area contributed by atoms with Crippen LogP contribution in [0.3, 0.4) is 0 Å². The van der Waals surface area contributed by atoms with Crippen LogP contribution in [0.2, 0.25) is 0 Å². The SMILES string of the molecule is CCCCNC(=O)C(CC)N(Cc1ccc(F)cc1)C(=O)CN(c1cccc(C(F)(F)F)c1)S(=O)(=O)c1ccccc1. The molecule has 0 radical (unpaired) electrons. The molecule has 0 aliphatic heterocycles. The van der Waals surface area contributed by atoms with E-state index in [9.17, 15) is 35.6 Å². The van der Waals surface area contributed by atoms with Crippen LogP contribution in [-0.2, 0) is 32.3 Å². The van der Waals surface area contributed by atoms with Gasteiger partial charge < -0.3 is 10.2 Å². The van der Waals surface area contributed by atoms with Crippen LogP contribution in [0.25, 0.3) is 0 Å².